The van der Waals surface area contributed by atoms with Gasteiger partial charge < -0.3 is 5.32 Å². The van der Waals surface area contributed by atoms with Gasteiger partial charge in [0, 0.05) is 12.2 Å². The van der Waals surface area contributed by atoms with Crippen LogP contribution in [-0.4, -0.2) is 11.0 Å². The number of rotatable bonds is 2. The lowest BCUT2D eigenvalue weighted by Gasteiger charge is -2.23. The second-order valence-corrected chi connectivity index (χ2v) is 4.94. The molecule has 1 aromatic heterocycles. The van der Waals surface area contributed by atoms with Gasteiger partial charge in [-0.3, -0.25) is 0 Å². The van der Waals surface area contributed by atoms with Crippen LogP contribution in [0, 0.1) is 23.2 Å². The lowest BCUT2D eigenvalue weighted by molar-refractivity contribution is 0.439. The monoisotopic (exact) mass is 213 g/mol. The highest BCUT2D eigenvalue weighted by Gasteiger charge is 2.39. The average molecular weight is 213 g/mol. The van der Waals surface area contributed by atoms with Crippen LogP contribution >= 0.6 is 0 Å². The third-order valence-electron chi connectivity index (χ3n) is 3.99. The normalized spacial score (nSPS) is 31.3. The van der Waals surface area contributed by atoms with E-state index in [0.717, 1.165) is 17.7 Å². The molecule has 0 radical (unpaired) electrons. The molecule has 2 aliphatic carbocycles. The van der Waals surface area contributed by atoms with E-state index in [2.05, 4.69) is 16.4 Å². The Labute approximate surface area is 95.5 Å². The largest absolute Gasteiger partial charge is 0.366 e. The molecule has 82 valence electrons. The summed E-state index contributed by atoms with van der Waals surface area (Å²) >= 11 is 0. The molecule has 1 aromatic rings. The Hall–Kier alpha value is -1.56. The predicted octanol–water partition coefficient (Wildman–Crippen LogP) is 2.55. The molecule has 2 aliphatic rings. The number of anilines is 1. The molecule has 0 spiro atoms. The molecular formula is C13H15N3. The van der Waals surface area contributed by atoms with Crippen LogP contribution in [0.4, 0.5) is 5.82 Å². The summed E-state index contributed by atoms with van der Waals surface area (Å²) in [6.07, 6.45) is 7.11. The SMILES string of the molecule is N#Cc1cccnc1NC1CC2CCC1C2. The minimum absolute atomic E-state index is 0.542. The molecule has 16 heavy (non-hydrogen) atoms. The summed E-state index contributed by atoms with van der Waals surface area (Å²) in [5.74, 6) is 2.48. The van der Waals surface area contributed by atoms with Gasteiger partial charge in [-0.1, -0.05) is 6.42 Å². The Balaban J connectivity index is 1.77. The van der Waals surface area contributed by atoms with Crippen molar-refractivity contribution < 1.29 is 0 Å². The maximum atomic E-state index is 8.99. The molecule has 0 saturated heterocycles. The molecule has 0 amide bonds. The Kier molecular flexibility index (Phi) is 2.28. The van der Waals surface area contributed by atoms with Crippen LogP contribution in [0.15, 0.2) is 18.3 Å². The van der Waals surface area contributed by atoms with Crippen LogP contribution in [0.2, 0.25) is 0 Å². The fourth-order valence-electron chi connectivity index (χ4n) is 3.21. The molecule has 1 N–H and O–H groups in total. The van der Waals surface area contributed by atoms with Gasteiger partial charge in [0.1, 0.15) is 11.9 Å². The van der Waals surface area contributed by atoms with Gasteiger partial charge in [0.15, 0.2) is 0 Å². The molecule has 3 rings (SSSR count). The highest BCUT2D eigenvalue weighted by Crippen LogP contribution is 2.45. The Bertz CT molecular complexity index is 435. The second-order valence-electron chi connectivity index (χ2n) is 4.94. The molecule has 0 aliphatic heterocycles. The van der Waals surface area contributed by atoms with Crippen molar-refractivity contribution in [2.24, 2.45) is 11.8 Å². The smallest absolute Gasteiger partial charge is 0.144 e. The Morgan fingerprint density at radius 2 is 2.31 bits per heavy atom. The lowest BCUT2D eigenvalue weighted by atomic mass is 9.95. The van der Waals surface area contributed by atoms with Gasteiger partial charge in [0.2, 0.25) is 0 Å². The lowest BCUT2D eigenvalue weighted by Crippen LogP contribution is -2.26. The number of nitriles is 1. The van der Waals surface area contributed by atoms with E-state index in [1.807, 2.05) is 12.1 Å². The van der Waals surface area contributed by atoms with Gasteiger partial charge in [-0.15, -0.1) is 0 Å². The van der Waals surface area contributed by atoms with E-state index >= 15 is 0 Å². The summed E-state index contributed by atoms with van der Waals surface area (Å²) in [6.45, 7) is 0. The van der Waals surface area contributed by atoms with Crippen molar-refractivity contribution in [3.63, 3.8) is 0 Å². The maximum Gasteiger partial charge on any atom is 0.144 e. The first kappa shape index (κ1) is 9.65. The summed E-state index contributed by atoms with van der Waals surface area (Å²) in [7, 11) is 0. The van der Waals surface area contributed by atoms with Crippen molar-refractivity contribution in [1.29, 1.82) is 5.26 Å². The van der Waals surface area contributed by atoms with Crippen molar-refractivity contribution in [2.45, 2.75) is 31.7 Å². The van der Waals surface area contributed by atoms with Gasteiger partial charge in [-0.05, 0) is 43.2 Å². The molecule has 2 bridgehead atoms. The quantitative estimate of drug-likeness (QED) is 0.821. The standard InChI is InChI=1S/C13H15N3/c14-8-11-2-1-5-15-13(11)16-12-7-9-3-4-10(12)6-9/h1-2,5,9-10,12H,3-4,6-7H2,(H,15,16). The Morgan fingerprint density at radius 1 is 1.38 bits per heavy atom. The van der Waals surface area contributed by atoms with Crippen LogP contribution in [0.5, 0.6) is 0 Å². The highest BCUT2D eigenvalue weighted by atomic mass is 15.0. The second kappa shape index (κ2) is 3.79. The number of fused-ring (bicyclic) bond motifs is 2. The van der Waals surface area contributed by atoms with Crippen LogP contribution in [-0.2, 0) is 0 Å². The van der Waals surface area contributed by atoms with Crippen molar-refractivity contribution in [3.05, 3.63) is 23.9 Å². The summed E-state index contributed by atoms with van der Waals surface area (Å²) < 4.78 is 0. The third-order valence-corrected chi connectivity index (χ3v) is 3.99. The van der Waals surface area contributed by atoms with E-state index in [-0.39, 0.29) is 0 Å². The van der Waals surface area contributed by atoms with E-state index in [0.29, 0.717) is 11.6 Å². The van der Waals surface area contributed by atoms with Crippen LogP contribution < -0.4 is 5.32 Å². The topological polar surface area (TPSA) is 48.7 Å². The number of pyridine rings is 1. The molecule has 3 nitrogen and oxygen atoms in total. The zero-order valence-corrected chi connectivity index (χ0v) is 9.19. The van der Waals surface area contributed by atoms with E-state index < -0.39 is 0 Å². The average Bonchev–Trinajstić information content (AvgIpc) is 2.92. The maximum absolute atomic E-state index is 8.99. The van der Waals surface area contributed by atoms with Crippen molar-refractivity contribution >= 4 is 5.82 Å². The fraction of sp³-hybridized carbons (Fsp3) is 0.538. The number of nitrogens with one attached hydrogen (secondary N) is 1. The van der Waals surface area contributed by atoms with E-state index in [9.17, 15) is 0 Å². The fourth-order valence-corrected chi connectivity index (χ4v) is 3.21. The highest BCUT2D eigenvalue weighted by molar-refractivity contribution is 5.52. The van der Waals surface area contributed by atoms with Crippen molar-refractivity contribution in [1.82, 2.24) is 4.98 Å². The number of hydrogen-bond acceptors (Lipinski definition) is 3. The summed E-state index contributed by atoms with van der Waals surface area (Å²) in [5, 5.41) is 12.5. The molecule has 2 saturated carbocycles. The first-order chi connectivity index (χ1) is 7.86. The van der Waals surface area contributed by atoms with Gasteiger partial charge in [0.25, 0.3) is 0 Å². The Morgan fingerprint density at radius 3 is 3.00 bits per heavy atom. The van der Waals surface area contributed by atoms with Crippen molar-refractivity contribution in [3.8, 4) is 6.07 Å². The first-order valence-electron chi connectivity index (χ1n) is 5.98. The zero-order valence-electron chi connectivity index (χ0n) is 9.19. The van der Waals surface area contributed by atoms with Crippen LogP contribution in [0.3, 0.4) is 0 Å². The molecular weight excluding hydrogens is 198 g/mol. The van der Waals surface area contributed by atoms with Crippen LogP contribution in [0.25, 0.3) is 0 Å². The summed E-state index contributed by atoms with van der Waals surface area (Å²) in [4.78, 5) is 4.26. The molecule has 3 heteroatoms. The van der Waals surface area contributed by atoms with Gasteiger partial charge in [-0.25, -0.2) is 4.98 Å². The van der Waals surface area contributed by atoms with E-state index in [1.165, 1.54) is 25.7 Å². The first-order valence-corrected chi connectivity index (χ1v) is 5.98. The number of hydrogen-bond donors (Lipinski definition) is 1. The number of nitrogens with zero attached hydrogens (tertiary/aromatic N) is 2. The minimum Gasteiger partial charge on any atom is -0.366 e. The van der Waals surface area contributed by atoms with Gasteiger partial charge >= 0.3 is 0 Å². The van der Waals surface area contributed by atoms with Gasteiger partial charge in [-0.2, -0.15) is 5.26 Å². The number of aromatic nitrogens is 1. The van der Waals surface area contributed by atoms with E-state index in [1.54, 1.807) is 6.20 Å². The molecule has 3 atom stereocenters. The molecule has 2 fully saturated rings. The van der Waals surface area contributed by atoms with E-state index in [4.69, 9.17) is 5.26 Å². The third kappa shape index (κ3) is 1.55. The summed E-state index contributed by atoms with van der Waals surface area (Å²) in [6, 6.07) is 6.36. The van der Waals surface area contributed by atoms with Crippen LogP contribution in [0.1, 0.15) is 31.2 Å². The minimum atomic E-state index is 0.542. The van der Waals surface area contributed by atoms with Crippen molar-refractivity contribution in [2.75, 3.05) is 5.32 Å². The summed E-state index contributed by atoms with van der Waals surface area (Å²) in [5.41, 5.74) is 0.658. The zero-order chi connectivity index (χ0) is 11.0. The molecule has 1 heterocycles. The van der Waals surface area contributed by atoms with Gasteiger partial charge in [0.05, 0.1) is 5.56 Å². The molecule has 0 aromatic carbocycles. The predicted molar refractivity (Wildman–Crippen MR) is 61.8 cm³/mol. The molecule has 3 unspecified atom stereocenters.